The fourth-order valence-electron chi connectivity index (χ4n) is 4.88. The first kappa shape index (κ1) is 31.5. The largest absolute Gasteiger partial charge is 0.399 e. The molecule has 208 valence electrons. The molecule has 36 heavy (non-hydrogen) atoms. The van der Waals surface area contributed by atoms with Gasteiger partial charge in [0, 0.05) is 39.5 Å². The molecule has 1 saturated carbocycles. The Morgan fingerprint density at radius 1 is 0.944 bits per heavy atom. The van der Waals surface area contributed by atoms with Gasteiger partial charge in [0.25, 0.3) is 0 Å². The molecule has 1 fully saturated rings. The van der Waals surface area contributed by atoms with Crippen LogP contribution >= 0.6 is 0 Å². The topological polar surface area (TPSA) is 157 Å². The summed E-state index contributed by atoms with van der Waals surface area (Å²) in [5.74, 6) is 0.0901. The predicted molar refractivity (Wildman–Crippen MR) is 140 cm³/mol. The molecule has 0 bridgehead atoms. The SMILES string of the molecule is CO[Si](CO)(CCCN(C1CC(CC[Si](CO)(CO)CO)CCC1O)S(=O)(=O)c1ccccc1)OC. The molecule has 1 aromatic rings. The average molecular weight is 566 g/mol. The summed E-state index contributed by atoms with van der Waals surface area (Å²) in [6, 6.07) is 8.42. The highest BCUT2D eigenvalue weighted by atomic mass is 32.2. The van der Waals surface area contributed by atoms with Gasteiger partial charge in [-0.05, 0) is 49.8 Å². The maximum absolute atomic E-state index is 13.7. The lowest BCUT2D eigenvalue weighted by molar-refractivity contribution is 0.0352. The highest BCUT2D eigenvalue weighted by molar-refractivity contribution is 7.89. The zero-order chi connectivity index (χ0) is 26.8. The fourth-order valence-corrected chi connectivity index (χ4v) is 10.1. The van der Waals surface area contributed by atoms with Crippen LogP contribution in [-0.4, -0.2) is 113 Å². The summed E-state index contributed by atoms with van der Waals surface area (Å²) in [7, 11) is -6.39. The second-order valence-electron chi connectivity index (χ2n) is 9.84. The summed E-state index contributed by atoms with van der Waals surface area (Å²) < 4.78 is 39.8. The zero-order valence-corrected chi connectivity index (χ0v) is 24.1. The molecule has 13 heteroatoms. The molecule has 0 aliphatic heterocycles. The maximum atomic E-state index is 13.7. The summed E-state index contributed by atoms with van der Waals surface area (Å²) in [5.41, 5.74) is 0. The van der Waals surface area contributed by atoms with Crippen molar-refractivity contribution in [2.24, 2.45) is 5.92 Å². The summed E-state index contributed by atoms with van der Waals surface area (Å²) in [6.45, 7) is 0.135. The quantitative estimate of drug-likeness (QED) is 0.178. The molecule has 0 radical (unpaired) electrons. The van der Waals surface area contributed by atoms with E-state index in [0.717, 1.165) is 0 Å². The molecule has 5 N–H and O–H groups in total. The van der Waals surface area contributed by atoms with Crippen molar-refractivity contribution in [3.63, 3.8) is 0 Å². The number of aliphatic hydroxyl groups is 5. The lowest BCUT2D eigenvalue weighted by Crippen LogP contribution is -2.52. The molecule has 0 spiro atoms. The Morgan fingerprint density at radius 2 is 1.56 bits per heavy atom. The van der Waals surface area contributed by atoms with Crippen molar-refractivity contribution in [1.82, 2.24) is 4.31 Å². The van der Waals surface area contributed by atoms with Gasteiger partial charge < -0.3 is 34.4 Å². The highest BCUT2D eigenvalue weighted by Crippen LogP contribution is 2.35. The predicted octanol–water partition coefficient (Wildman–Crippen LogP) is 0.297. The number of sulfonamides is 1. The number of hydrogen-bond donors (Lipinski definition) is 5. The molecule has 0 saturated heterocycles. The molecule has 10 nitrogen and oxygen atoms in total. The highest BCUT2D eigenvalue weighted by Gasteiger charge is 2.42. The van der Waals surface area contributed by atoms with Gasteiger partial charge in [0.1, 0.15) is 8.07 Å². The smallest absolute Gasteiger partial charge is 0.364 e. The van der Waals surface area contributed by atoms with Crippen molar-refractivity contribution in [1.29, 1.82) is 0 Å². The van der Waals surface area contributed by atoms with Crippen LogP contribution in [0.25, 0.3) is 0 Å². The minimum Gasteiger partial charge on any atom is -0.399 e. The lowest BCUT2D eigenvalue weighted by atomic mass is 9.82. The molecule has 2 rings (SSSR count). The Morgan fingerprint density at radius 3 is 2.08 bits per heavy atom. The Kier molecular flexibility index (Phi) is 12.6. The second-order valence-corrected chi connectivity index (χ2v) is 19.6. The van der Waals surface area contributed by atoms with Crippen LogP contribution in [0.1, 0.15) is 32.1 Å². The fraction of sp³-hybridized carbons (Fsp3) is 0.739. The third-order valence-electron chi connectivity index (χ3n) is 7.62. The van der Waals surface area contributed by atoms with Crippen LogP contribution in [-0.2, 0) is 18.9 Å². The van der Waals surface area contributed by atoms with E-state index < -0.39 is 38.8 Å². The Bertz CT molecular complexity index is 853. The monoisotopic (exact) mass is 565 g/mol. The van der Waals surface area contributed by atoms with Gasteiger partial charge in [-0.25, -0.2) is 8.42 Å². The van der Waals surface area contributed by atoms with Gasteiger partial charge in [0.05, 0.1) is 23.3 Å². The van der Waals surface area contributed by atoms with E-state index in [2.05, 4.69) is 0 Å². The van der Waals surface area contributed by atoms with Gasteiger partial charge in [-0.1, -0.05) is 30.7 Å². The Hall–Kier alpha value is -0.716. The van der Waals surface area contributed by atoms with Gasteiger partial charge in [0.15, 0.2) is 0 Å². The molecule has 0 aromatic heterocycles. The van der Waals surface area contributed by atoms with Crippen molar-refractivity contribution in [3.05, 3.63) is 30.3 Å². The summed E-state index contributed by atoms with van der Waals surface area (Å²) in [5, 5.41) is 49.9. The van der Waals surface area contributed by atoms with Gasteiger partial charge >= 0.3 is 8.56 Å². The summed E-state index contributed by atoms with van der Waals surface area (Å²) >= 11 is 0. The third kappa shape index (κ3) is 7.66. The van der Waals surface area contributed by atoms with Crippen LogP contribution in [0.2, 0.25) is 12.1 Å². The number of rotatable bonds is 16. The van der Waals surface area contributed by atoms with E-state index in [1.54, 1.807) is 18.2 Å². The molecule has 1 aliphatic rings. The van der Waals surface area contributed by atoms with Crippen LogP contribution in [0, 0.1) is 5.92 Å². The molecular weight excluding hydrogens is 522 g/mol. The molecular formula is C23H43NO9SSi2. The van der Waals surface area contributed by atoms with Crippen molar-refractivity contribution in [2.45, 2.75) is 61.2 Å². The number of nitrogens with zero attached hydrogens (tertiary/aromatic N) is 1. The van der Waals surface area contributed by atoms with Crippen molar-refractivity contribution >= 4 is 26.7 Å². The van der Waals surface area contributed by atoms with Crippen LogP contribution in [0.3, 0.4) is 0 Å². The lowest BCUT2D eigenvalue weighted by Gasteiger charge is -2.41. The third-order valence-corrected chi connectivity index (χ3v) is 16.0. The van der Waals surface area contributed by atoms with Crippen molar-refractivity contribution < 1.29 is 42.8 Å². The van der Waals surface area contributed by atoms with E-state index in [-0.39, 0.29) is 42.3 Å². The van der Waals surface area contributed by atoms with Crippen LogP contribution in [0.5, 0.6) is 0 Å². The van der Waals surface area contributed by atoms with Crippen LogP contribution in [0.4, 0.5) is 0 Å². The molecule has 3 unspecified atom stereocenters. The van der Waals surface area contributed by atoms with Crippen LogP contribution in [0.15, 0.2) is 35.2 Å². The van der Waals surface area contributed by atoms with E-state index in [9.17, 15) is 34.0 Å². The van der Waals surface area contributed by atoms with Crippen LogP contribution < -0.4 is 0 Å². The number of benzene rings is 1. The minimum absolute atomic E-state index is 0.0901. The molecule has 0 heterocycles. The van der Waals surface area contributed by atoms with E-state index in [0.29, 0.717) is 44.2 Å². The minimum atomic E-state index is -3.92. The molecule has 0 amide bonds. The van der Waals surface area contributed by atoms with E-state index in [1.165, 1.54) is 30.7 Å². The first-order valence-corrected chi connectivity index (χ1v) is 18.9. The molecule has 1 aromatic carbocycles. The Balaban J connectivity index is 2.27. The second kappa shape index (κ2) is 14.4. The normalized spacial score (nSPS) is 21.7. The van der Waals surface area contributed by atoms with E-state index in [4.69, 9.17) is 8.85 Å². The van der Waals surface area contributed by atoms with Crippen molar-refractivity contribution in [2.75, 3.05) is 45.7 Å². The van der Waals surface area contributed by atoms with Gasteiger partial charge in [-0.15, -0.1) is 0 Å². The summed E-state index contributed by atoms with van der Waals surface area (Å²) in [6.07, 6.45) is 0.927. The van der Waals surface area contributed by atoms with Crippen molar-refractivity contribution in [3.8, 4) is 0 Å². The summed E-state index contributed by atoms with van der Waals surface area (Å²) in [4.78, 5) is 0.149. The zero-order valence-electron chi connectivity index (χ0n) is 21.3. The number of aliphatic hydroxyl groups excluding tert-OH is 5. The molecule has 1 aliphatic carbocycles. The molecule has 3 atom stereocenters. The van der Waals surface area contributed by atoms with Gasteiger partial charge in [0.2, 0.25) is 10.0 Å². The van der Waals surface area contributed by atoms with E-state index in [1.807, 2.05) is 0 Å². The first-order valence-electron chi connectivity index (χ1n) is 12.4. The van der Waals surface area contributed by atoms with Gasteiger partial charge in [-0.2, -0.15) is 4.31 Å². The standard InChI is InChI=1S/C23H43NO9SSi2/c1-32-36(19-28,33-2)13-6-12-24(34(30,31)21-7-4-3-5-8-21)22-15-20(9-10-23(22)29)11-14-35(16-25,17-26)18-27/h3-5,7-8,20,22-23,25-29H,6,9-19H2,1-2H3. The Labute approximate surface area is 216 Å². The maximum Gasteiger partial charge on any atom is 0.364 e. The number of hydrogen-bond acceptors (Lipinski definition) is 9. The average Bonchev–Trinajstić information content (AvgIpc) is 2.92. The van der Waals surface area contributed by atoms with Gasteiger partial charge in [-0.3, -0.25) is 0 Å². The van der Waals surface area contributed by atoms with E-state index >= 15 is 0 Å². The first-order chi connectivity index (χ1) is 17.2.